The summed E-state index contributed by atoms with van der Waals surface area (Å²) >= 11 is 0. The van der Waals surface area contributed by atoms with Gasteiger partial charge in [-0.15, -0.1) is 0 Å². The number of carbonyl (C=O) groups excluding carboxylic acids is 1. The SMILES string of the molecule is C=C/C(=C\C)c1ncnc2c1C=C[N+]2(C)COC(=O)C(C)(C)C. The second kappa shape index (κ2) is 6.08. The van der Waals surface area contributed by atoms with E-state index in [0.717, 1.165) is 22.6 Å². The third-order valence-corrected chi connectivity index (χ3v) is 3.80. The quantitative estimate of drug-likeness (QED) is 0.484. The minimum Gasteiger partial charge on any atom is -0.414 e. The van der Waals surface area contributed by atoms with Crippen molar-refractivity contribution in [3.63, 3.8) is 0 Å². The molecule has 0 bridgehead atoms. The Labute approximate surface area is 137 Å². The standard InChI is InChI=1S/C18H24N3O2/c1-7-13(8-2)15-14-9-10-21(6,16(14)20-11-19-15)12-23-17(22)18(3,4)5/h7-11H,1,12H2,2-6H3/q+1/b13-8+. The molecular formula is C18H24N3O2+. The van der Waals surface area contributed by atoms with Gasteiger partial charge in [-0.3, -0.25) is 4.79 Å². The van der Waals surface area contributed by atoms with Gasteiger partial charge in [0.25, 0.3) is 0 Å². The molecule has 0 aromatic carbocycles. The van der Waals surface area contributed by atoms with Crippen molar-refractivity contribution >= 4 is 23.4 Å². The lowest BCUT2D eigenvalue weighted by Gasteiger charge is -2.27. The van der Waals surface area contributed by atoms with Crippen LogP contribution in [0.3, 0.4) is 0 Å². The first kappa shape index (κ1) is 17.1. The smallest absolute Gasteiger partial charge is 0.315 e. The van der Waals surface area contributed by atoms with Gasteiger partial charge in [0, 0.05) is 6.08 Å². The van der Waals surface area contributed by atoms with E-state index in [4.69, 9.17) is 4.74 Å². The van der Waals surface area contributed by atoms with E-state index in [9.17, 15) is 4.79 Å². The monoisotopic (exact) mass is 314 g/mol. The van der Waals surface area contributed by atoms with Crippen LogP contribution in [0.5, 0.6) is 0 Å². The second-order valence-electron chi connectivity index (χ2n) is 6.80. The topological polar surface area (TPSA) is 52.1 Å². The van der Waals surface area contributed by atoms with E-state index in [2.05, 4.69) is 16.5 Å². The Morgan fingerprint density at radius 3 is 2.65 bits per heavy atom. The molecule has 0 fully saturated rings. The van der Waals surface area contributed by atoms with Crippen molar-refractivity contribution in [3.05, 3.63) is 42.5 Å². The van der Waals surface area contributed by atoms with Crippen molar-refractivity contribution < 1.29 is 9.53 Å². The maximum absolute atomic E-state index is 12.0. The number of hydrogen-bond acceptors (Lipinski definition) is 4. The van der Waals surface area contributed by atoms with Gasteiger partial charge in [0.1, 0.15) is 12.5 Å². The van der Waals surface area contributed by atoms with Crippen LogP contribution in [0.15, 0.2) is 31.3 Å². The number of fused-ring (bicyclic) bond motifs is 1. The van der Waals surface area contributed by atoms with Crippen LogP contribution < -0.4 is 4.48 Å². The molecule has 1 aliphatic heterocycles. The van der Waals surface area contributed by atoms with Crippen LogP contribution in [0.25, 0.3) is 11.6 Å². The van der Waals surface area contributed by atoms with Gasteiger partial charge in [-0.05, 0) is 33.3 Å². The number of carbonyl (C=O) groups is 1. The van der Waals surface area contributed by atoms with Crippen LogP contribution in [-0.2, 0) is 9.53 Å². The van der Waals surface area contributed by atoms with Crippen molar-refractivity contribution in [2.24, 2.45) is 5.41 Å². The summed E-state index contributed by atoms with van der Waals surface area (Å²) in [5, 5.41) is 0. The number of nitrogens with zero attached hydrogens (tertiary/aromatic N) is 3. The predicted octanol–water partition coefficient (Wildman–Crippen LogP) is 3.53. The molecule has 2 rings (SSSR count). The fourth-order valence-electron chi connectivity index (χ4n) is 2.35. The van der Waals surface area contributed by atoms with Crippen LogP contribution in [-0.4, -0.2) is 29.7 Å². The average Bonchev–Trinajstić information content (AvgIpc) is 2.84. The zero-order valence-corrected chi connectivity index (χ0v) is 14.5. The first-order valence-electron chi connectivity index (χ1n) is 7.59. The van der Waals surface area contributed by atoms with E-state index >= 15 is 0 Å². The lowest BCUT2D eigenvalue weighted by molar-refractivity contribution is -0.156. The zero-order chi connectivity index (χ0) is 17.3. The highest BCUT2D eigenvalue weighted by atomic mass is 16.5. The van der Waals surface area contributed by atoms with E-state index in [1.807, 2.05) is 53.1 Å². The van der Waals surface area contributed by atoms with Gasteiger partial charge < -0.3 is 4.74 Å². The van der Waals surface area contributed by atoms with E-state index in [-0.39, 0.29) is 12.7 Å². The molecule has 1 atom stereocenters. The fourth-order valence-corrected chi connectivity index (χ4v) is 2.35. The molecule has 0 saturated heterocycles. The van der Waals surface area contributed by atoms with Gasteiger partial charge in [0.2, 0.25) is 12.5 Å². The number of quaternary nitrogens is 1. The molecule has 5 nitrogen and oxygen atoms in total. The average molecular weight is 314 g/mol. The molecule has 0 spiro atoms. The number of aromatic nitrogens is 2. The van der Waals surface area contributed by atoms with E-state index in [1.165, 1.54) is 6.33 Å². The third-order valence-electron chi connectivity index (χ3n) is 3.80. The van der Waals surface area contributed by atoms with Crippen LogP contribution in [0.4, 0.5) is 5.82 Å². The molecule has 0 amide bonds. The zero-order valence-electron chi connectivity index (χ0n) is 14.5. The van der Waals surface area contributed by atoms with Crippen LogP contribution in [0.1, 0.15) is 39.0 Å². The third kappa shape index (κ3) is 3.24. The normalized spacial score (nSPS) is 20.3. The minimum atomic E-state index is -0.525. The predicted molar refractivity (Wildman–Crippen MR) is 93.0 cm³/mol. The van der Waals surface area contributed by atoms with E-state index in [0.29, 0.717) is 4.48 Å². The first-order valence-corrected chi connectivity index (χ1v) is 7.59. The number of allylic oxidation sites excluding steroid dienone is 3. The Hall–Kier alpha value is -2.27. The summed E-state index contributed by atoms with van der Waals surface area (Å²) < 4.78 is 5.80. The summed E-state index contributed by atoms with van der Waals surface area (Å²) in [5.74, 6) is 0.589. The molecule has 0 aliphatic carbocycles. The van der Waals surface area contributed by atoms with Gasteiger partial charge in [-0.2, -0.15) is 4.98 Å². The van der Waals surface area contributed by atoms with Crippen LogP contribution >= 0.6 is 0 Å². The lowest BCUT2D eigenvalue weighted by Crippen LogP contribution is -2.42. The largest absolute Gasteiger partial charge is 0.414 e. The molecule has 1 aromatic rings. The summed E-state index contributed by atoms with van der Waals surface area (Å²) in [6, 6.07) is 0. The first-order chi connectivity index (χ1) is 10.7. The molecule has 2 heterocycles. The molecule has 1 aliphatic rings. The van der Waals surface area contributed by atoms with Gasteiger partial charge in [-0.25, -0.2) is 9.47 Å². The van der Waals surface area contributed by atoms with Crippen molar-refractivity contribution in [1.29, 1.82) is 0 Å². The number of esters is 1. The molecular weight excluding hydrogens is 290 g/mol. The summed E-state index contributed by atoms with van der Waals surface area (Å²) in [4.78, 5) is 20.8. The molecule has 0 N–H and O–H groups in total. The lowest BCUT2D eigenvalue weighted by atomic mass is 9.97. The number of rotatable bonds is 4. The highest BCUT2D eigenvalue weighted by Gasteiger charge is 2.36. The molecule has 0 radical (unpaired) electrons. The van der Waals surface area contributed by atoms with Crippen LogP contribution in [0.2, 0.25) is 0 Å². The fraction of sp³-hybridized carbons (Fsp3) is 0.389. The van der Waals surface area contributed by atoms with Crippen LogP contribution in [0, 0.1) is 5.41 Å². The highest BCUT2D eigenvalue weighted by molar-refractivity contribution is 5.83. The summed E-state index contributed by atoms with van der Waals surface area (Å²) in [7, 11) is 1.96. The summed E-state index contributed by atoms with van der Waals surface area (Å²) in [5.41, 5.74) is 2.21. The van der Waals surface area contributed by atoms with Gasteiger partial charge in [0.15, 0.2) is 0 Å². The Morgan fingerprint density at radius 1 is 1.39 bits per heavy atom. The van der Waals surface area contributed by atoms with Crippen molar-refractivity contribution in [2.75, 3.05) is 13.8 Å². The van der Waals surface area contributed by atoms with E-state index < -0.39 is 5.41 Å². The Kier molecular flexibility index (Phi) is 4.52. The molecule has 122 valence electrons. The molecule has 5 heteroatoms. The Morgan fingerprint density at radius 2 is 2.09 bits per heavy atom. The molecule has 1 aromatic heterocycles. The molecule has 23 heavy (non-hydrogen) atoms. The maximum atomic E-state index is 12.0. The maximum Gasteiger partial charge on any atom is 0.315 e. The molecule has 0 saturated carbocycles. The van der Waals surface area contributed by atoms with Crippen molar-refractivity contribution in [2.45, 2.75) is 27.7 Å². The van der Waals surface area contributed by atoms with Crippen molar-refractivity contribution in [3.8, 4) is 0 Å². The Bertz CT molecular complexity index is 699. The number of ether oxygens (including phenoxy) is 1. The second-order valence-corrected chi connectivity index (χ2v) is 6.80. The number of hydrogen-bond donors (Lipinski definition) is 0. The minimum absolute atomic E-state index is 0.204. The summed E-state index contributed by atoms with van der Waals surface area (Å²) in [6.07, 6.45) is 9.22. The van der Waals surface area contributed by atoms with Gasteiger partial charge in [0.05, 0.1) is 23.7 Å². The van der Waals surface area contributed by atoms with E-state index in [1.54, 1.807) is 6.08 Å². The summed E-state index contributed by atoms with van der Waals surface area (Å²) in [6.45, 7) is 11.5. The highest BCUT2D eigenvalue weighted by Crippen LogP contribution is 2.35. The van der Waals surface area contributed by atoms with Crippen molar-refractivity contribution in [1.82, 2.24) is 14.5 Å². The van der Waals surface area contributed by atoms with Gasteiger partial charge in [-0.1, -0.05) is 18.7 Å². The Balaban J connectivity index is 2.32. The van der Waals surface area contributed by atoms with Gasteiger partial charge >= 0.3 is 5.97 Å². The molecule has 1 unspecified atom stereocenters.